The first-order valence-electron chi connectivity index (χ1n) is 5.60. The van der Waals surface area contributed by atoms with E-state index in [1.54, 1.807) is 31.3 Å². The van der Waals surface area contributed by atoms with Gasteiger partial charge in [0.25, 0.3) is 11.8 Å². The largest absolute Gasteiger partial charge is 0.355 e. The Bertz CT molecular complexity index is 630. The molecule has 1 aromatic carbocycles. The third kappa shape index (κ3) is 3.04. The van der Waals surface area contributed by atoms with Crippen molar-refractivity contribution in [3.63, 3.8) is 0 Å². The zero-order valence-corrected chi connectivity index (χ0v) is 10.5. The topological polar surface area (TPSA) is 68.0 Å². The Morgan fingerprint density at radius 3 is 2.95 bits per heavy atom. The molecule has 0 saturated carbocycles. The van der Waals surface area contributed by atoms with Gasteiger partial charge in [-0.05, 0) is 19.1 Å². The van der Waals surface area contributed by atoms with Gasteiger partial charge in [0.15, 0.2) is 0 Å². The number of amides is 1. The summed E-state index contributed by atoms with van der Waals surface area (Å²) in [4.78, 5) is 15.5. The van der Waals surface area contributed by atoms with E-state index in [1.165, 1.54) is 6.92 Å². The summed E-state index contributed by atoms with van der Waals surface area (Å²) < 4.78 is 17.6. The Morgan fingerprint density at radius 2 is 2.26 bits per heavy atom. The van der Waals surface area contributed by atoms with Gasteiger partial charge in [-0.1, -0.05) is 17.3 Å². The van der Waals surface area contributed by atoms with Gasteiger partial charge in [0.2, 0.25) is 5.82 Å². The highest BCUT2D eigenvalue weighted by atomic mass is 19.1. The number of carbonyl (C=O) groups is 1. The van der Waals surface area contributed by atoms with Crippen molar-refractivity contribution in [1.29, 1.82) is 0 Å². The standard InChI is InChI=1S/C13H12FN3O2/c1-8(14)6-11-16-12(17-19-11)9-4-3-5-10(7-9)13(18)15-2/h3-7H,1-2H3,(H,15,18)/b8-6-. The highest BCUT2D eigenvalue weighted by Gasteiger charge is 2.10. The van der Waals surface area contributed by atoms with Gasteiger partial charge in [-0.3, -0.25) is 4.79 Å². The summed E-state index contributed by atoms with van der Waals surface area (Å²) >= 11 is 0. The monoisotopic (exact) mass is 261 g/mol. The van der Waals surface area contributed by atoms with Crippen molar-refractivity contribution in [3.05, 3.63) is 41.5 Å². The second-order valence-electron chi connectivity index (χ2n) is 3.85. The summed E-state index contributed by atoms with van der Waals surface area (Å²) in [6.07, 6.45) is 1.14. The van der Waals surface area contributed by atoms with E-state index < -0.39 is 5.83 Å². The molecule has 0 aliphatic heterocycles. The van der Waals surface area contributed by atoms with Crippen LogP contribution in [0, 0.1) is 0 Å². The lowest BCUT2D eigenvalue weighted by atomic mass is 10.1. The first-order chi connectivity index (χ1) is 9.10. The minimum Gasteiger partial charge on any atom is -0.355 e. The zero-order chi connectivity index (χ0) is 13.8. The molecule has 1 aromatic heterocycles. The molecule has 0 spiro atoms. The summed E-state index contributed by atoms with van der Waals surface area (Å²) in [7, 11) is 1.55. The molecule has 0 aliphatic carbocycles. The maximum absolute atomic E-state index is 12.7. The molecule has 2 rings (SSSR count). The molecule has 0 radical (unpaired) electrons. The van der Waals surface area contributed by atoms with Crippen LogP contribution >= 0.6 is 0 Å². The molecule has 0 fully saturated rings. The summed E-state index contributed by atoms with van der Waals surface area (Å²) in [6, 6.07) is 6.77. The molecule has 2 aromatic rings. The van der Waals surface area contributed by atoms with Crippen molar-refractivity contribution < 1.29 is 13.7 Å². The van der Waals surface area contributed by atoms with Crippen molar-refractivity contribution in [2.75, 3.05) is 7.05 Å². The molecule has 0 atom stereocenters. The fourth-order valence-electron chi connectivity index (χ4n) is 1.53. The highest BCUT2D eigenvalue weighted by Crippen LogP contribution is 2.18. The normalized spacial score (nSPS) is 11.4. The molecular formula is C13H12FN3O2. The number of hydrogen-bond acceptors (Lipinski definition) is 4. The summed E-state index contributed by atoms with van der Waals surface area (Å²) in [6.45, 7) is 1.29. The quantitative estimate of drug-likeness (QED) is 0.921. The van der Waals surface area contributed by atoms with Crippen molar-refractivity contribution in [2.45, 2.75) is 6.92 Å². The molecule has 5 nitrogen and oxygen atoms in total. The molecule has 0 bridgehead atoms. The van der Waals surface area contributed by atoms with E-state index in [9.17, 15) is 9.18 Å². The molecule has 98 valence electrons. The van der Waals surface area contributed by atoms with Crippen molar-refractivity contribution in [3.8, 4) is 11.4 Å². The van der Waals surface area contributed by atoms with E-state index in [2.05, 4.69) is 15.5 Å². The number of benzene rings is 1. The molecule has 0 aliphatic rings. The Kier molecular flexibility index (Phi) is 3.70. The van der Waals surface area contributed by atoms with Crippen LogP contribution in [0.25, 0.3) is 17.5 Å². The summed E-state index contributed by atoms with van der Waals surface area (Å²) in [5, 5.41) is 6.27. The summed E-state index contributed by atoms with van der Waals surface area (Å²) in [5.41, 5.74) is 1.12. The van der Waals surface area contributed by atoms with Gasteiger partial charge in [0.05, 0.1) is 0 Å². The van der Waals surface area contributed by atoms with Crippen LogP contribution in [0.1, 0.15) is 23.2 Å². The van der Waals surface area contributed by atoms with Crippen LogP contribution in [0.4, 0.5) is 4.39 Å². The lowest BCUT2D eigenvalue weighted by Crippen LogP contribution is -2.17. The smallest absolute Gasteiger partial charge is 0.253 e. The van der Waals surface area contributed by atoms with Gasteiger partial charge in [0.1, 0.15) is 5.83 Å². The fraction of sp³-hybridized carbons (Fsp3) is 0.154. The van der Waals surface area contributed by atoms with Crippen LogP contribution in [0.2, 0.25) is 0 Å². The Balaban J connectivity index is 2.34. The number of hydrogen-bond donors (Lipinski definition) is 1. The molecule has 0 saturated heterocycles. The Labute approximate surface area is 109 Å². The van der Waals surface area contributed by atoms with Crippen LogP contribution in [0.5, 0.6) is 0 Å². The second kappa shape index (κ2) is 5.43. The minimum atomic E-state index is -0.422. The van der Waals surface area contributed by atoms with E-state index in [-0.39, 0.29) is 11.8 Å². The van der Waals surface area contributed by atoms with Gasteiger partial charge in [-0.25, -0.2) is 4.39 Å². The molecule has 1 heterocycles. The van der Waals surface area contributed by atoms with Crippen LogP contribution in [0.3, 0.4) is 0 Å². The third-order valence-electron chi connectivity index (χ3n) is 2.37. The molecule has 19 heavy (non-hydrogen) atoms. The zero-order valence-electron chi connectivity index (χ0n) is 10.5. The molecule has 6 heteroatoms. The number of rotatable bonds is 3. The fourth-order valence-corrected chi connectivity index (χ4v) is 1.53. The van der Waals surface area contributed by atoms with Gasteiger partial charge in [-0.2, -0.15) is 4.98 Å². The van der Waals surface area contributed by atoms with E-state index in [4.69, 9.17) is 4.52 Å². The molecule has 1 N–H and O–H groups in total. The van der Waals surface area contributed by atoms with Crippen molar-refractivity contribution in [2.24, 2.45) is 0 Å². The number of nitrogens with one attached hydrogen (secondary N) is 1. The van der Waals surface area contributed by atoms with Crippen LogP contribution in [-0.4, -0.2) is 23.1 Å². The second-order valence-corrected chi connectivity index (χ2v) is 3.85. The van der Waals surface area contributed by atoms with E-state index in [0.29, 0.717) is 17.0 Å². The minimum absolute atomic E-state index is 0.0837. The first-order valence-corrected chi connectivity index (χ1v) is 5.60. The predicted octanol–water partition coefficient (Wildman–Crippen LogP) is 2.43. The van der Waals surface area contributed by atoms with Gasteiger partial charge in [-0.15, -0.1) is 0 Å². The van der Waals surface area contributed by atoms with Crippen LogP contribution in [0.15, 0.2) is 34.6 Å². The first kappa shape index (κ1) is 12.9. The van der Waals surface area contributed by atoms with E-state index in [1.807, 2.05) is 0 Å². The van der Waals surface area contributed by atoms with Crippen molar-refractivity contribution in [1.82, 2.24) is 15.5 Å². The summed E-state index contributed by atoms with van der Waals surface area (Å²) in [5.74, 6) is -0.238. The molecular weight excluding hydrogens is 249 g/mol. The molecule has 1 amide bonds. The van der Waals surface area contributed by atoms with E-state index in [0.717, 1.165) is 6.08 Å². The SMILES string of the molecule is CNC(=O)c1cccc(-c2noc(/C=C(/C)F)n2)c1. The number of carbonyl (C=O) groups excluding carboxylic acids is 1. The maximum Gasteiger partial charge on any atom is 0.253 e. The highest BCUT2D eigenvalue weighted by molar-refractivity contribution is 5.95. The third-order valence-corrected chi connectivity index (χ3v) is 2.37. The van der Waals surface area contributed by atoms with Gasteiger partial charge < -0.3 is 9.84 Å². The van der Waals surface area contributed by atoms with Crippen LogP contribution in [-0.2, 0) is 0 Å². The maximum atomic E-state index is 12.7. The van der Waals surface area contributed by atoms with Gasteiger partial charge >= 0.3 is 0 Å². The van der Waals surface area contributed by atoms with Crippen molar-refractivity contribution >= 4 is 12.0 Å². The van der Waals surface area contributed by atoms with Crippen LogP contribution < -0.4 is 5.32 Å². The Hall–Kier alpha value is -2.50. The number of allylic oxidation sites excluding steroid dienone is 1. The Morgan fingerprint density at radius 1 is 1.47 bits per heavy atom. The average molecular weight is 261 g/mol. The number of aromatic nitrogens is 2. The lowest BCUT2D eigenvalue weighted by Gasteiger charge is -2.00. The number of halogens is 1. The average Bonchev–Trinajstić information content (AvgIpc) is 2.85. The van der Waals surface area contributed by atoms with Gasteiger partial charge in [0, 0.05) is 24.3 Å². The number of nitrogens with zero attached hydrogens (tertiary/aromatic N) is 2. The lowest BCUT2D eigenvalue weighted by molar-refractivity contribution is 0.0963. The molecule has 0 unspecified atom stereocenters. The van der Waals surface area contributed by atoms with E-state index >= 15 is 0 Å². The predicted molar refractivity (Wildman–Crippen MR) is 67.9 cm³/mol.